The quantitative estimate of drug-likeness (QED) is 0.290. The smallest absolute Gasteiger partial charge is 0.270 e. The van der Waals surface area contributed by atoms with E-state index < -0.39 is 0 Å². The molecule has 74 valence electrons. The van der Waals surface area contributed by atoms with Crippen LogP contribution >= 0.6 is 0 Å². The molecule has 13 heavy (non-hydrogen) atoms. The van der Waals surface area contributed by atoms with E-state index >= 15 is 0 Å². The minimum absolute atomic E-state index is 0.0468. The van der Waals surface area contributed by atoms with Gasteiger partial charge in [-0.2, -0.15) is 0 Å². The Kier molecular flexibility index (Phi) is 5.09. The highest BCUT2D eigenvalue weighted by Crippen LogP contribution is 1.90. The van der Waals surface area contributed by atoms with Crippen molar-refractivity contribution < 1.29 is 9.59 Å². The Morgan fingerprint density at radius 1 is 1.38 bits per heavy atom. The molecule has 0 radical (unpaired) electrons. The lowest BCUT2D eigenvalue weighted by atomic mass is 10.4. The molecule has 0 atom stereocenters. The highest BCUT2D eigenvalue weighted by atomic mass is 16.2. The molecule has 0 aromatic rings. The van der Waals surface area contributed by atoms with Crippen molar-refractivity contribution in [3.63, 3.8) is 0 Å². The van der Waals surface area contributed by atoms with Crippen LogP contribution in [0.1, 0.15) is 0 Å². The molecular formula is C7H14N4O2. The van der Waals surface area contributed by atoms with Gasteiger partial charge >= 0.3 is 0 Å². The standard InChI is InChI=1S/C7H14N4O2/c1-9-6(8)5(7(13)10-2)11-3-4-12/h4,9,11H,3,8H2,1-2H3,(H,10,13)/b6-5+. The van der Waals surface area contributed by atoms with Gasteiger partial charge in [0, 0.05) is 14.1 Å². The molecule has 0 spiro atoms. The summed E-state index contributed by atoms with van der Waals surface area (Å²) < 4.78 is 0. The average molecular weight is 186 g/mol. The maximum Gasteiger partial charge on any atom is 0.270 e. The van der Waals surface area contributed by atoms with Crippen LogP contribution in [0.25, 0.3) is 0 Å². The Balaban J connectivity index is 4.54. The lowest BCUT2D eigenvalue weighted by molar-refractivity contribution is -0.117. The van der Waals surface area contributed by atoms with Crippen LogP contribution in [0.15, 0.2) is 11.5 Å². The van der Waals surface area contributed by atoms with E-state index in [0.717, 1.165) is 0 Å². The zero-order chi connectivity index (χ0) is 10.3. The molecule has 6 nitrogen and oxygen atoms in total. The zero-order valence-electron chi connectivity index (χ0n) is 7.68. The lowest BCUT2D eigenvalue weighted by Gasteiger charge is -2.10. The molecule has 0 unspecified atom stereocenters. The SMILES string of the molecule is CNC(=O)/C(NCC=O)=C(/N)NC. The summed E-state index contributed by atoms with van der Waals surface area (Å²) in [7, 11) is 3.06. The predicted octanol–water partition coefficient (Wildman–Crippen LogP) is -2.13. The minimum Gasteiger partial charge on any atom is -0.384 e. The van der Waals surface area contributed by atoms with E-state index in [4.69, 9.17) is 5.73 Å². The number of aldehydes is 1. The third-order valence-electron chi connectivity index (χ3n) is 1.35. The van der Waals surface area contributed by atoms with Crippen molar-refractivity contribution >= 4 is 12.2 Å². The van der Waals surface area contributed by atoms with Gasteiger partial charge in [0.25, 0.3) is 5.91 Å². The van der Waals surface area contributed by atoms with Crippen LogP contribution in [-0.2, 0) is 9.59 Å². The van der Waals surface area contributed by atoms with Gasteiger partial charge in [-0.1, -0.05) is 0 Å². The summed E-state index contributed by atoms with van der Waals surface area (Å²) in [6.45, 7) is 0.0468. The second-order valence-corrected chi connectivity index (χ2v) is 2.17. The van der Waals surface area contributed by atoms with Crippen LogP contribution in [0.4, 0.5) is 0 Å². The Hall–Kier alpha value is -1.72. The molecule has 0 aliphatic heterocycles. The fraction of sp³-hybridized carbons (Fsp3) is 0.429. The fourth-order valence-corrected chi connectivity index (χ4v) is 0.692. The Morgan fingerprint density at radius 2 is 2.00 bits per heavy atom. The molecule has 0 rings (SSSR count). The highest BCUT2D eigenvalue weighted by molar-refractivity contribution is 5.93. The molecule has 1 amide bonds. The largest absolute Gasteiger partial charge is 0.384 e. The van der Waals surface area contributed by atoms with Gasteiger partial charge in [0.1, 0.15) is 17.8 Å². The topological polar surface area (TPSA) is 96.2 Å². The van der Waals surface area contributed by atoms with E-state index in [-0.39, 0.29) is 24.0 Å². The molecule has 0 bridgehead atoms. The number of nitrogens with two attached hydrogens (primary N) is 1. The van der Waals surface area contributed by atoms with Gasteiger partial charge < -0.3 is 26.5 Å². The zero-order valence-corrected chi connectivity index (χ0v) is 7.68. The third-order valence-corrected chi connectivity index (χ3v) is 1.35. The number of carbonyl (C=O) groups excluding carboxylic acids is 2. The first-order valence-electron chi connectivity index (χ1n) is 3.74. The van der Waals surface area contributed by atoms with Crippen molar-refractivity contribution in [3.8, 4) is 0 Å². The second-order valence-electron chi connectivity index (χ2n) is 2.17. The van der Waals surface area contributed by atoms with Gasteiger partial charge in [-0.25, -0.2) is 0 Å². The predicted molar refractivity (Wildman–Crippen MR) is 48.4 cm³/mol. The summed E-state index contributed by atoms with van der Waals surface area (Å²) in [5.41, 5.74) is 5.63. The number of likely N-dealkylation sites (N-methyl/N-ethyl adjacent to an activating group) is 1. The first-order valence-corrected chi connectivity index (χ1v) is 3.74. The number of hydrogen-bond donors (Lipinski definition) is 4. The Morgan fingerprint density at radius 3 is 2.38 bits per heavy atom. The van der Waals surface area contributed by atoms with Crippen molar-refractivity contribution in [2.45, 2.75) is 0 Å². The van der Waals surface area contributed by atoms with Crippen molar-refractivity contribution in [2.75, 3.05) is 20.6 Å². The van der Waals surface area contributed by atoms with Gasteiger partial charge in [-0.15, -0.1) is 0 Å². The van der Waals surface area contributed by atoms with E-state index in [0.29, 0.717) is 6.29 Å². The number of hydrogen-bond acceptors (Lipinski definition) is 5. The summed E-state index contributed by atoms with van der Waals surface area (Å²) >= 11 is 0. The van der Waals surface area contributed by atoms with Crippen LogP contribution < -0.4 is 21.7 Å². The van der Waals surface area contributed by atoms with E-state index in [1.807, 2.05) is 0 Å². The first-order chi connectivity index (χ1) is 6.17. The van der Waals surface area contributed by atoms with Gasteiger partial charge in [-0.05, 0) is 0 Å². The molecule has 0 fully saturated rings. The van der Waals surface area contributed by atoms with E-state index in [1.165, 1.54) is 7.05 Å². The third kappa shape index (κ3) is 3.46. The summed E-state index contributed by atoms with van der Waals surface area (Å²) in [6, 6.07) is 0. The van der Waals surface area contributed by atoms with Crippen LogP contribution in [0.3, 0.4) is 0 Å². The molecule has 0 aromatic heterocycles. The Labute approximate surface area is 76.6 Å². The van der Waals surface area contributed by atoms with E-state index in [9.17, 15) is 9.59 Å². The molecule has 0 heterocycles. The van der Waals surface area contributed by atoms with E-state index in [2.05, 4.69) is 16.0 Å². The maximum absolute atomic E-state index is 11.2. The summed E-state index contributed by atoms with van der Waals surface area (Å²) in [5, 5.41) is 7.58. The van der Waals surface area contributed by atoms with Gasteiger partial charge in [0.05, 0.1) is 6.54 Å². The highest BCUT2D eigenvalue weighted by Gasteiger charge is 2.10. The molecule has 0 aromatic carbocycles. The van der Waals surface area contributed by atoms with Crippen LogP contribution in [0, 0.1) is 0 Å². The van der Waals surface area contributed by atoms with E-state index in [1.54, 1.807) is 7.05 Å². The molecule has 0 saturated carbocycles. The number of rotatable bonds is 5. The monoisotopic (exact) mass is 186 g/mol. The Bertz CT molecular complexity index is 225. The molecule has 5 N–H and O–H groups in total. The minimum atomic E-state index is -0.367. The van der Waals surface area contributed by atoms with Crippen LogP contribution in [0.2, 0.25) is 0 Å². The molecule has 6 heteroatoms. The van der Waals surface area contributed by atoms with Crippen LogP contribution in [0.5, 0.6) is 0 Å². The van der Waals surface area contributed by atoms with Gasteiger partial charge in [0.2, 0.25) is 0 Å². The number of nitrogens with one attached hydrogen (secondary N) is 3. The lowest BCUT2D eigenvalue weighted by Crippen LogP contribution is -2.36. The molecule has 0 aliphatic rings. The first kappa shape index (κ1) is 11.3. The maximum atomic E-state index is 11.2. The summed E-state index contributed by atoms with van der Waals surface area (Å²) in [5.74, 6) is -0.171. The second kappa shape index (κ2) is 5.87. The molecule has 0 aliphatic carbocycles. The van der Waals surface area contributed by atoms with Gasteiger partial charge in [-0.3, -0.25) is 4.79 Å². The molecular weight excluding hydrogens is 172 g/mol. The van der Waals surface area contributed by atoms with Crippen molar-refractivity contribution in [1.82, 2.24) is 16.0 Å². The summed E-state index contributed by atoms with van der Waals surface area (Å²) in [4.78, 5) is 21.2. The van der Waals surface area contributed by atoms with Crippen molar-refractivity contribution in [3.05, 3.63) is 11.5 Å². The number of carbonyl (C=O) groups is 2. The average Bonchev–Trinajstić information content (AvgIpc) is 2.17. The van der Waals surface area contributed by atoms with Gasteiger partial charge in [0.15, 0.2) is 0 Å². The van der Waals surface area contributed by atoms with Crippen molar-refractivity contribution in [1.29, 1.82) is 0 Å². The normalized spacial score (nSPS) is 11.2. The number of amides is 1. The fourth-order valence-electron chi connectivity index (χ4n) is 0.692. The van der Waals surface area contributed by atoms with Crippen molar-refractivity contribution in [2.24, 2.45) is 5.73 Å². The van der Waals surface area contributed by atoms with Crippen LogP contribution in [-0.4, -0.2) is 32.8 Å². The molecule has 0 saturated heterocycles. The summed E-state index contributed by atoms with van der Waals surface area (Å²) in [6.07, 6.45) is 0.645.